The Labute approximate surface area is 145 Å². The Morgan fingerprint density at radius 3 is 2.54 bits per heavy atom. The zero-order valence-corrected chi connectivity index (χ0v) is 14.8. The number of benzene rings is 1. The molecule has 0 radical (unpaired) electrons. The van der Waals surface area contributed by atoms with Crippen molar-refractivity contribution < 1.29 is 14.1 Å². The van der Waals surface area contributed by atoms with Gasteiger partial charge >= 0.3 is 0 Å². The number of nitrogens with one attached hydrogen (secondary N) is 2. The van der Waals surface area contributed by atoms with E-state index in [1.807, 2.05) is 20.8 Å². The molecule has 0 aliphatic carbocycles. The van der Waals surface area contributed by atoms with Gasteiger partial charge in [0.15, 0.2) is 0 Å². The first kappa shape index (κ1) is 18.0. The molecule has 0 saturated carbocycles. The summed E-state index contributed by atoms with van der Waals surface area (Å²) >= 11 is 6.17. The summed E-state index contributed by atoms with van der Waals surface area (Å²) in [6, 6.07) is 7.04. The summed E-state index contributed by atoms with van der Waals surface area (Å²) in [6.45, 7) is 7.10. The molecule has 2 aromatic rings. The van der Waals surface area contributed by atoms with Crippen LogP contribution < -0.4 is 10.6 Å². The van der Waals surface area contributed by atoms with Crippen molar-refractivity contribution in [2.75, 3.05) is 6.54 Å². The van der Waals surface area contributed by atoms with Gasteiger partial charge in [-0.3, -0.25) is 9.59 Å². The van der Waals surface area contributed by atoms with Gasteiger partial charge in [-0.15, -0.1) is 0 Å². The molecule has 1 heterocycles. The maximum Gasteiger partial charge on any atom is 0.257 e. The molecule has 0 fully saturated rings. The SMILES string of the molecule is Cc1onc(-c2ccccc2Cl)c1C(=O)NCC(=O)NC(C)(C)C. The molecule has 7 heteroatoms. The van der Waals surface area contributed by atoms with Gasteiger partial charge in [0.1, 0.15) is 17.0 Å². The van der Waals surface area contributed by atoms with Crippen molar-refractivity contribution in [1.82, 2.24) is 15.8 Å². The predicted molar refractivity (Wildman–Crippen MR) is 91.9 cm³/mol. The Hall–Kier alpha value is -2.34. The normalized spacial score (nSPS) is 11.2. The van der Waals surface area contributed by atoms with Crippen molar-refractivity contribution in [1.29, 1.82) is 0 Å². The lowest BCUT2D eigenvalue weighted by Crippen LogP contribution is -2.45. The van der Waals surface area contributed by atoms with Gasteiger partial charge in [-0.05, 0) is 33.8 Å². The molecule has 2 N–H and O–H groups in total. The fraction of sp³-hybridized carbons (Fsp3) is 0.353. The minimum absolute atomic E-state index is 0.136. The number of nitrogens with zero attached hydrogens (tertiary/aromatic N) is 1. The third-order valence-corrected chi connectivity index (χ3v) is 3.47. The van der Waals surface area contributed by atoms with E-state index < -0.39 is 5.91 Å². The summed E-state index contributed by atoms with van der Waals surface area (Å²) in [6.07, 6.45) is 0. The van der Waals surface area contributed by atoms with Crippen LogP contribution in [0.25, 0.3) is 11.3 Å². The van der Waals surface area contributed by atoms with Gasteiger partial charge < -0.3 is 15.2 Å². The number of halogens is 1. The van der Waals surface area contributed by atoms with E-state index in [0.717, 1.165) is 0 Å². The Bertz CT molecular complexity index is 763. The second-order valence-electron chi connectivity index (χ2n) is 6.42. The van der Waals surface area contributed by atoms with E-state index in [4.69, 9.17) is 16.1 Å². The van der Waals surface area contributed by atoms with Crippen LogP contribution in [0, 0.1) is 6.92 Å². The first-order chi connectivity index (χ1) is 11.2. The zero-order valence-electron chi connectivity index (χ0n) is 14.1. The molecular formula is C17H20ClN3O3. The third kappa shape index (κ3) is 4.35. The van der Waals surface area contributed by atoms with Crippen molar-refractivity contribution in [3.63, 3.8) is 0 Å². The topological polar surface area (TPSA) is 84.2 Å². The number of hydrogen-bond donors (Lipinski definition) is 2. The number of aryl methyl sites for hydroxylation is 1. The molecule has 1 aromatic heterocycles. The molecule has 2 amide bonds. The van der Waals surface area contributed by atoms with Crippen LogP contribution in [-0.4, -0.2) is 29.1 Å². The molecular weight excluding hydrogens is 330 g/mol. The van der Waals surface area contributed by atoms with Crippen molar-refractivity contribution in [3.8, 4) is 11.3 Å². The fourth-order valence-electron chi connectivity index (χ4n) is 2.19. The van der Waals surface area contributed by atoms with Crippen molar-refractivity contribution in [2.45, 2.75) is 33.2 Å². The fourth-order valence-corrected chi connectivity index (χ4v) is 2.41. The number of amides is 2. The van der Waals surface area contributed by atoms with Crippen molar-refractivity contribution in [3.05, 3.63) is 40.6 Å². The molecule has 0 spiro atoms. The molecule has 2 rings (SSSR count). The van der Waals surface area contributed by atoms with Gasteiger partial charge in [0.2, 0.25) is 5.91 Å². The van der Waals surface area contributed by atoms with Crippen LogP contribution in [0.3, 0.4) is 0 Å². The highest BCUT2D eigenvalue weighted by molar-refractivity contribution is 6.33. The predicted octanol–water partition coefficient (Wildman–Crippen LogP) is 2.95. The maximum atomic E-state index is 12.5. The van der Waals surface area contributed by atoms with E-state index in [1.54, 1.807) is 31.2 Å². The van der Waals surface area contributed by atoms with E-state index in [0.29, 0.717) is 22.0 Å². The van der Waals surface area contributed by atoms with E-state index in [2.05, 4.69) is 15.8 Å². The molecule has 0 bridgehead atoms. The van der Waals surface area contributed by atoms with Crippen LogP contribution in [0.4, 0.5) is 0 Å². The smallest absolute Gasteiger partial charge is 0.257 e. The molecule has 24 heavy (non-hydrogen) atoms. The minimum atomic E-state index is -0.437. The maximum absolute atomic E-state index is 12.5. The summed E-state index contributed by atoms with van der Waals surface area (Å²) in [5, 5.41) is 9.76. The van der Waals surface area contributed by atoms with E-state index >= 15 is 0 Å². The van der Waals surface area contributed by atoms with Gasteiger partial charge in [-0.25, -0.2) is 0 Å². The van der Waals surface area contributed by atoms with Crippen LogP contribution in [0.5, 0.6) is 0 Å². The van der Waals surface area contributed by atoms with Gasteiger partial charge in [0, 0.05) is 11.1 Å². The van der Waals surface area contributed by atoms with E-state index in [-0.39, 0.29) is 23.6 Å². The number of rotatable bonds is 4. The summed E-state index contributed by atoms with van der Waals surface area (Å²) in [5.41, 5.74) is 0.858. The molecule has 0 saturated heterocycles. The molecule has 6 nitrogen and oxygen atoms in total. The number of carbonyl (C=O) groups excluding carboxylic acids is 2. The summed E-state index contributed by atoms with van der Waals surface area (Å²) < 4.78 is 5.14. The van der Waals surface area contributed by atoms with Gasteiger partial charge in [0.25, 0.3) is 5.91 Å². The molecule has 0 aliphatic rings. The van der Waals surface area contributed by atoms with Crippen LogP contribution in [-0.2, 0) is 4.79 Å². The lowest BCUT2D eigenvalue weighted by atomic mass is 10.1. The summed E-state index contributed by atoms with van der Waals surface area (Å²) in [7, 11) is 0. The number of carbonyl (C=O) groups is 2. The molecule has 128 valence electrons. The summed E-state index contributed by atoms with van der Waals surface area (Å²) in [5.74, 6) is -0.351. The quantitative estimate of drug-likeness (QED) is 0.888. The third-order valence-electron chi connectivity index (χ3n) is 3.14. The van der Waals surface area contributed by atoms with Crippen LogP contribution in [0.2, 0.25) is 5.02 Å². The number of aromatic nitrogens is 1. The highest BCUT2D eigenvalue weighted by Gasteiger charge is 2.23. The molecule has 0 atom stereocenters. The largest absolute Gasteiger partial charge is 0.360 e. The second-order valence-corrected chi connectivity index (χ2v) is 6.83. The Morgan fingerprint density at radius 2 is 1.92 bits per heavy atom. The monoisotopic (exact) mass is 349 g/mol. The lowest BCUT2D eigenvalue weighted by Gasteiger charge is -2.20. The minimum Gasteiger partial charge on any atom is -0.360 e. The average Bonchev–Trinajstić information content (AvgIpc) is 2.85. The molecule has 1 aromatic carbocycles. The first-order valence-corrected chi connectivity index (χ1v) is 7.87. The first-order valence-electron chi connectivity index (χ1n) is 7.49. The van der Waals surface area contributed by atoms with Gasteiger partial charge in [-0.2, -0.15) is 0 Å². The molecule has 0 aliphatic heterocycles. The van der Waals surface area contributed by atoms with Gasteiger partial charge in [-0.1, -0.05) is 35.0 Å². The van der Waals surface area contributed by atoms with Crippen molar-refractivity contribution in [2.24, 2.45) is 0 Å². The Kier molecular flexibility index (Phi) is 5.29. The Balaban J connectivity index is 2.18. The van der Waals surface area contributed by atoms with E-state index in [1.165, 1.54) is 0 Å². The van der Waals surface area contributed by atoms with Crippen molar-refractivity contribution >= 4 is 23.4 Å². The van der Waals surface area contributed by atoms with Gasteiger partial charge in [0.05, 0.1) is 11.6 Å². The number of hydrogen-bond acceptors (Lipinski definition) is 4. The molecule has 0 unspecified atom stereocenters. The highest BCUT2D eigenvalue weighted by atomic mass is 35.5. The van der Waals surface area contributed by atoms with Crippen LogP contribution in [0.1, 0.15) is 36.9 Å². The average molecular weight is 350 g/mol. The Morgan fingerprint density at radius 1 is 1.25 bits per heavy atom. The summed E-state index contributed by atoms with van der Waals surface area (Å²) in [4.78, 5) is 24.3. The lowest BCUT2D eigenvalue weighted by molar-refractivity contribution is -0.121. The van der Waals surface area contributed by atoms with Crippen LogP contribution >= 0.6 is 11.6 Å². The standard InChI is InChI=1S/C17H20ClN3O3/c1-10-14(16(23)19-9-13(22)20-17(2,3)4)15(21-24-10)11-7-5-6-8-12(11)18/h5-8H,9H2,1-4H3,(H,19,23)(H,20,22). The second kappa shape index (κ2) is 7.05. The zero-order chi connectivity index (χ0) is 17.9. The van der Waals surface area contributed by atoms with E-state index in [9.17, 15) is 9.59 Å². The van der Waals surface area contributed by atoms with Crippen LogP contribution in [0.15, 0.2) is 28.8 Å². The highest BCUT2D eigenvalue weighted by Crippen LogP contribution is 2.30.